The van der Waals surface area contributed by atoms with E-state index < -0.39 is 0 Å². The van der Waals surface area contributed by atoms with Gasteiger partial charge in [0.25, 0.3) is 5.56 Å². The van der Waals surface area contributed by atoms with Gasteiger partial charge in [-0.1, -0.05) is 19.8 Å². The summed E-state index contributed by atoms with van der Waals surface area (Å²) < 4.78 is 2.58. The van der Waals surface area contributed by atoms with Crippen molar-refractivity contribution in [2.24, 2.45) is 13.0 Å². The van der Waals surface area contributed by atoms with E-state index in [9.17, 15) is 9.59 Å². The molecule has 0 aromatic carbocycles. The second kappa shape index (κ2) is 6.15. The molecule has 1 aliphatic rings. The summed E-state index contributed by atoms with van der Waals surface area (Å²) in [4.78, 5) is 24.1. The van der Waals surface area contributed by atoms with E-state index in [2.05, 4.69) is 5.32 Å². The van der Waals surface area contributed by atoms with Gasteiger partial charge in [0.1, 0.15) is 11.5 Å². The van der Waals surface area contributed by atoms with Crippen LogP contribution in [0.3, 0.4) is 0 Å². The van der Waals surface area contributed by atoms with Crippen molar-refractivity contribution in [1.29, 1.82) is 0 Å². The molecule has 0 aliphatic heterocycles. The van der Waals surface area contributed by atoms with Crippen molar-refractivity contribution in [3.63, 3.8) is 0 Å². The van der Waals surface area contributed by atoms with Crippen LogP contribution < -0.4 is 22.3 Å². The predicted octanol–water partition coefficient (Wildman–Crippen LogP) is 1.14. The molecule has 20 heavy (non-hydrogen) atoms. The second-order valence-corrected chi connectivity index (χ2v) is 5.57. The van der Waals surface area contributed by atoms with Gasteiger partial charge in [-0.3, -0.25) is 13.9 Å². The Kier molecular flexibility index (Phi) is 4.52. The van der Waals surface area contributed by atoms with E-state index in [1.54, 1.807) is 0 Å². The number of anilines is 2. The van der Waals surface area contributed by atoms with Crippen LogP contribution in [0.25, 0.3) is 0 Å². The third-order valence-electron chi connectivity index (χ3n) is 3.82. The van der Waals surface area contributed by atoms with Gasteiger partial charge in [-0.2, -0.15) is 0 Å². The number of rotatable bonds is 7. The fourth-order valence-electron chi connectivity index (χ4n) is 2.40. The number of nitrogens with zero attached hydrogens (tertiary/aromatic N) is 2. The summed E-state index contributed by atoms with van der Waals surface area (Å²) in [5.74, 6) is 1.14. The lowest BCUT2D eigenvalue weighted by Crippen LogP contribution is -2.40. The molecular weight excluding hydrogens is 256 g/mol. The monoisotopic (exact) mass is 280 g/mol. The molecule has 6 heteroatoms. The minimum Gasteiger partial charge on any atom is -0.383 e. The van der Waals surface area contributed by atoms with Crippen molar-refractivity contribution in [3.05, 3.63) is 20.8 Å². The number of nitrogens with one attached hydrogen (secondary N) is 1. The molecule has 6 nitrogen and oxygen atoms in total. The molecule has 0 atom stereocenters. The predicted molar refractivity (Wildman–Crippen MR) is 81.1 cm³/mol. The molecule has 1 aromatic heterocycles. The maximum Gasteiger partial charge on any atom is 0.332 e. The van der Waals surface area contributed by atoms with Gasteiger partial charge in [0, 0.05) is 20.1 Å². The first-order chi connectivity index (χ1) is 9.56. The minimum absolute atomic E-state index is 0.256. The van der Waals surface area contributed by atoms with E-state index in [4.69, 9.17) is 5.73 Å². The summed E-state index contributed by atoms with van der Waals surface area (Å²) in [5, 5.41) is 3.11. The highest BCUT2D eigenvalue weighted by molar-refractivity contribution is 5.60. The molecule has 0 spiro atoms. The number of nitrogen functional groups attached to an aromatic ring is 1. The molecule has 3 N–H and O–H groups in total. The van der Waals surface area contributed by atoms with Crippen LogP contribution in [0.2, 0.25) is 0 Å². The average Bonchev–Trinajstić information content (AvgIpc) is 3.24. The number of aromatic nitrogens is 2. The standard InChI is InChI=1S/C14H24N4O2/c1-3-9-18-12(15)11(13(19)17(2)14(18)20)16-8-4-5-10-6-7-10/h10,16H,3-9,15H2,1-2H3. The van der Waals surface area contributed by atoms with Crippen molar-refractivity contribution < 1.29 is 0 Å². The maximum absolute atomic E-state index is 12.1. The summed E-state index contributed by atoms with van der Waals surface area (Å²) in [7, 11) is 1.49. The highest BCUT2D eigenvalue weighted by atomic mass is 16.2. The Morgan fingerprint density at radius 2 is 2.05 bits per heavy atom. The van der Waals surface area contributed by atoms with Crippen LogP contribution in [0.15, 0.2) is 9.59 Å². The molecule has 0 bridgehead atoms. The van der Waals surface area contributed by atoms with Crippen molar-refractivity contribution in [2.45, 2.75) is 45.6 Å². The second-order valence-electron chi connectivity index (χ2n) is 5.57. The summed E-state index contributed by atoms with van der Waals surface area (Å²) in [6, 6.07) is 0. The van der Waals surface area contributed by atoms with Crippen molar-refractivity contribution in [2.75, 3.05) is 17.6 Å². The zero-order chi connectivity index (χ0) is 14.7. The number of hydrogen-bond acceptors (Lipinski definition) is 4. The first-order valence-electron chi connectivity index (χ1n) is 7.39. The molecule has 0 unspecified atom stereocenters. The molecule has 112 valence electrons. The van der Waals surface area contributed by atoms with E-state index in [0.29, 0.717) is 12.2 Å². The smallest absolute Gasteiger partial charge is 0.332 e. The van der Waals surface area contributed by atoms with Crippen LogP contribution >= 0.6 is 0 Å². The number of hydrogen-bond donors (Lipinski definition) is 2. The molecular formula is C14H24N4O2. The Morgan fingerprint density at radius 3 is 2.65 bits per heavy atom. The Bertz CT molecular complexity index is 584. The van der Waals surface area contributed by atoms with Gasteiger partial charge in [-0.15, -0.1) is 0 Å². The minimum atomic E-state index is -0.349. The zero-order valence-electron chi connectivity index (χ0n) is 12.3. The van der Waals surface area contributed by atoms with E-state index in [-0.39, 0.29) is 17.1 Å². The highest BCUT2D eigenvalue weighted by Gasteiger charge is 2.20. The Labute approximate surface area is 118 Å². The lowest BCUT2D eigenvalue weighted by Gasteiger charge is -2.15. The Hall–Kier alpha value is -1.72. The van der Waals surface area contributed by atoms with Gasteiger partial charge in [0.05, 0.1) is 0 Å². The molecule has 1 aromatic rings. The van der Waals surface area contributed by atoms with Crippen molar-refractivity contribution in [3.8, 4) is 0 Å². The largest absolute Gasteiger partial charge is 0.383 e. The van der Waals surface area contributed by atoms with Gasteiger partial charge in [0.2, 0.25) is 0 Å². The summed E-state index contributed by atoms with van der Waals surface area (Å²) in [6.45, 7) is 3.22. The van der Waals surface area contributed by atoms with Crippen LogP contribution in [0.5, 0.6) is 0 Å². The van der Waals surface area contributed by atoms with E-state index >= 15 is 0 Å². The summed E-state index contributed by atoms with van der Waals surface area (Å²) in [5.41, 5.74) is 5.65. The number of nitrogens with two attached hydrogens (primary N) is 1. The van der Waals surface area contributed by atoms with Gasteiger partial charge in [-0.25, -0.2) is 4.79 Å². The SMILES string of the molecule is CCCn1c(N)c(NCCCC2CC2)c(=O)n(C)c1=O. The van der Waals surface area contributed by atoms with Crippen LogP contribution in [-0.2, 0) is 13.6 Å². The molecule has 0 saturated heterocycles. The van der Waals surface area contributed by atoms with Gasteiger partial charge >= 0.3 is 5.69 Å². The lowest BCUT2D eigenvalue weighted by atomic mass is 10.2. The van der Waals surface area contributed by atoms with E-state index in [1.807, 2.05) is 6.92 Å². The topological polar surface area (TPSA) is 82.0 Å². The maximum atomic E-state index is 12.1. The normalized spacial score (nSPS) is 14.5. The fraction of sp³-hybridized carbons (Fsp3) is 0.714. The third-order valence-corrected chi connectivity index (χ3v) is 3.82. The summed E-state index contributed by atoms with van der Waals surface area (Å²) >= 11 is 0. The van der Waals surface area contributed by atoms with E-state index in [0.717, 1.165) is 29.9 Å². The van der Waals surface area contributed by atoms with Crippen LogP contribution in [0.4, 0.5) is 11.5 Å². The third kappa shape index (κ3) is 3.05. The molecule has 0 radical (unpaired) electrons. The quantitative estimate of drug-likeness (QED) is 0.734. The highest BCUT2D eigenvalue weighted by Crippen LogP contribution is 2.33. The first-order valence-corrected chi connectivity index (χ1v) is 7.39. The van der Waals surface area contributed by atoms with Crippen LogP contribution in [0.1, 0.15) is 39.0 Å². The van der Waals surface area contributed by atoms with E-state index in [1.165, 1.54) is 30.9 Å². The molecule has 1 aliphatic carbocycles. The lowest BCUT2D eigenvalue weighted by molar-refractivity contribution is 0.599. The average molecular weight is 280 g/mol. The molecule has 1 fully saturated rings. The van der Waals surface area contributed by atoms with Crippen LogP contribution in [-0.4, -0.2) is 15.7 Å². The Morgan fingerprint density at radius 1 is 1.35 bits per heavy atom. The van der Waals surface area contributed by atoms with Gasteiger partial charge in [0.15, 0.2) is 0 Å². The fourth-order valence-corrected chi connectivity index (χ4v) is 2.40. The zero-order valence-corrected chi connectivity index (χ0v) is 12.3. The van der Waals surface area contributed by atoms with Gasteiger partial charge in [-0.05, 0) is 25.2 Å². The molecule has 2 rings (SSSR count). The Balaban J connectivity index is 2.17. The molecule has 0 amide bonds. The van der Waals surface area contributed by atoms with Crippen molar-refractivity contribution >= 4 is 11.5 Å². The molecule has 1 heterocycles. The van der Waals surface area contributed by atoms with Gasteiger partial charge < -0.3 is 11.1 Å². The first kappa shape index (κ1) is 14.7. The van der Waals surface area contributed by atoms with Crippen LogP contribution in [0, 0.1) is 5.92 Å². The summed E-state index contributed by atoms with van der Waals surface area (Å²) in [6.07, 6.45) is 5.70. The van der Waals surface area contributed by atoms with Crippen molar-refractivity contribution in [1.82, 2.24) is 9.13 Å². The molecule has 1 saturated carbocycles.